The van der Waals surface area contributed by atoms with Crippen LogP contribution in [-0.4, -0.2) is 10.4 Å². The molecule has 98 valence electrons. The molecule has 0 aromatic heterocycles. The predicted molar refractivity (Wildman–Crippen MR) is 79.0 cm³/mol. The Morgan fingerprint density at radius 1 is 1.00 bits per heavy atom. The normalized spacial score (nSPS) is 11.3. The van der Waals surface area contributed by atoms with Crippen molar-refractivity contribution in [2.24, 2.45) is 5.16 Å². The number of benzene rings is 2. The number of anilines is 1. The lowest BCUT2D eigenvalue weighted by molar-refractivity contribution is 0.319. The zero-order valence-electron chi connectivity index (χ0n) is 10.4. The second kappa shape index (κ2) is 6.81. The molecule has 2 N–H and O–H groups in total. The van der Waals surface area contributed by atoms with Gasteiger partial charge in [-0.2, -0.15) is 0 Å². The minimum atomic E-state index is 0.190. The third kappa shape index (κ3) is 4.30. The van der Waals surface area contributed by atoms with Crippen molar-refractivity contribution in [2.45, 2.75) is 13.0 Å². The molecule has 3 nitrogen and oxygen atoms in total. The maximum Gasteiger partial charge on any atom is 0.149 e. The topological polar surface area (TPSA) is 44.6 Å². The van der Waals surface area contributed by atoms with Crippen molar-refractivity contribution in [1.82, 2.24) is 0 Å². The van der Waals surface area contributed by atoms with Gasteiger partial charge in [0.05, 0.1) is 0 Å². The minimum Gasteiger partial charge on any atom is -0.410 e. The van der Waals surface area contributed by atoms with E-state index in [9.17, 15) is 0 Å². The van der Waals surface area contributed by atoms with E-state index in [4.69, 9.17) is 16.8 Å². The monoisotopic (exact) mass is 274 g/mol. The Morgan fingerprint density at radius 3 is 2.26 bits per heavy atom. The quantitative estimate of drug-likeness (QED) is 0.494. The van der Waals surface area contributed by atoms with Gasteiger partial charge in [0.15, 0.2) is 0 Å². The van der Waals surface area contributed by atoms with Crippen molar-refractivity contribution in [3.05, 3.63) is 65.7 Å². The third-order valence-electron chi connectivity index (χ3n) is 2.75. The van der Waals surface area contributed by atoms with Crippen LogP contribution in [0.4, 0.5) is 5.69 Å². The van der Waals surface area contributed by atoms with Crippen molar-refractivity contribution in [2.75, 3.05) is 5.32 Å². The Hall–Kier alpha value is -2.00. The molecule has 2 aromatic rings. The highest BCUT2D eigenvalue weighted by Gasteiger charge is 1.99. The van der Waals surface area contributed by atoms with E-state index in [1.165, 1.54) is 5.56 Å². The average molecular weight is 275 g/mol. The molecule has 0 unspecified atom stereocenters. The van der Waals surface area contributed by atoms with Crippen LogP contribution in [-0.2, 0) is 13.0 Å². The lowest BCUT2D eigenvalue weighted by atomic mass is 10.1. The van der Waals surface area contributed by atoms with Gasteiger partial charge in [-0.3, -0.25) is 0 Å². The Labute approximate surface area is 117 Å². The van der Waals surface area contributed by atoms with Crippen molar-refractivity contribution < 1.29 is 5.21 Å². The van der Waals surface area contributed by atoms with E-state index in [1.807, 2.05) is 54.6 Å². The van der Waals surface area contributed by atoms with Gasteiger partial charge in [-0.05, 0) is 23.3 Å². The standard InChI is InChI=1S/C15H15ClN2O/c16-15(18-19)10-12-6-8-13(9-7-12)11-17-14-4-2-1-3-5-14/h1-9,17,19H,10-11H2. The number of nitrogens with one attached hydrogen (secondary N) is 1. The fraction of sp³-hybridized carbons (Fsp3) is 0.133. The highest BCUT2D eigenvalue weighted by molar-refractivity contribution is 6.65. The summed E-state index contributed by atoms with van der Waals surface area (Å²) in [6.45, 7) is 0.770. The van der Waals surface area contributed by atoms with E-state index in [1.54, 1.807) is 0 Å². The minimum absolute atomic E-state index is 0.190. The summed E-state index contributed by atoms with van der Waals surface area (Å²) >= 11 is 5.67. The van der Waals surface area contributed by atoms with Crippen LogP contribution in [0, 0.1) is 0 Å². The van der Waals surface area contributed by atoms with Crippen LogP contribution in [0.25, 0.3) is 0 Å². The van der Waals surface area contributed by atoms with Gasteiger partial charge in [0, 0.05) is 18.7 Å². The molecule has 2 rings (SSSR count). The van der Waals surface area contributed by atoms with Gasteiger partial charge < -0.3 is 10.5 Å². The molecule has 0 aliphatic carbocycles. The van der Waals surface area contributed by atoms with E-state index in [-0.39, 0.29) is 5.17 Å². The van der Waals surface area contributed by atoms with E-state index < -0.39 is 0 Å². The first-order chi connectivity index (χ1) is 9.28. The van der Waals surface area contributed by atoms with Crippen LogP contribution in [0.1, 0.15) is 11.1 Å². The summed E-state index contributed by atoms with van der Waals surface area (Å²) < 4.78 is 0. The molecule has 0 saturated carbocycles. The van der Waals surface area contributed by atoms with Gasteiger partial charge in [-0.25, -0.2) is 0 Å². The largest absolute Gasteiger partial charge is 0.410 e. The maximum absolute atomic E-state index is 8.51. The lowest BCUT2D eigenvalue weighted by Crippen LogP contribution is -2.00. The van der Waals surface area contributed by atoms with Gasteiger partial charge >= 0.3 is 0 Å². The van der Waals surface area contributed by atoms with E-state index in [0.29, 0.717) is 6.42 Å². The maximum atomic E-state index is 8.51. The van der Waals surface area contributed by atoms with Gasteiger partial charge in [0.2, 0.25) is 0 Å². The summed E-state index contributed by atoms with van der Waals surface area (Å²) in [4.78, 5) is 0. The molecule has 2 aromatic carbocycles. The number of halogens is 1. The van der Waals surface area contributed by atoms with Crippen LogP contribution in [0.5, 0.6) is 0 Å². The van der Waals surface area contributed by atoms with E-state index in [2.05, 4.69) is 10.5 Å². The summed E-state index contributed by atoms with van der Waals surface area (Å²) in [5.74, 6) is 0. The molecule has 4 heteroatoms. The van der Waals surface area contributed by atoms with Crippen LogP contribution >= 0.6 is 11.6 Å². The summed E-state index contributed by atoms with van der Waals surface area (Å²) in [6, 6.07) is 18.1. The first-order valence-electron chi connectivity index (χ1n) is 6.01. The lowest BCUT2D eigenvalue weighted by Gasteiger charge is -2.07. The molecule has 19 heavy (non-hydrogen) atoms. The van der Waals surface area contributed by atoms with Gasteiger partial charge in [-0.15, -0.1) is 0 Å². The fourth-order valence-corrected chi connectivity index (χ4v) is 1.89. The number of para-hydroxylation sites is 1. The molecule has 0 spiro atoms. The second-order valence-electron chi connectivity index (χ2n) is 4.19. The Balaban J connectivity index is 1.92. The van der Waals surface area contributed by atoms with E-state index >= 15 is 0 Å². The number of rotatable bonds is 5. The Bertz CT molecular complexity index is 538. The molecule has 0 saturated heterocycles. The average Bonchev–Trinajstić information content (AvgIpc) is 2.47. The third-order valence-corrected chi connectivity index (χ3v) is 2.96. The molecule has 0 bridgehead atoms. The number of nitrogens with zero attached hydrogens (tertiary/aromatic N) is 1. The summed E-state index contributed by atoms with van der Waals surface area (Å²) in [5, 5.41) is 15.0. The molecule has 0 fully saturated rings. The predicted octanol–water partition coefficient (Wildman–Crippen LogP) is 3.87. The Morgan fingerprint density at radius 2 is 1.63 bits per heavy atom. The van der Waals surface area contributed by atoms with Crippen molar-refractivity contribution >= 4 is 22.5 Å². The van der Waals surface area contributed by atoms with Gasteiger partial charge in [0.25, 0.3) is 0 Å². The molecule has 0 aliphatic rings. The number of hydrogen-bond donors (Lipinski definition) is 2. The van der Waals surface area contributed by atoms with Crippen molar-refractivity contribution in [3.8, 4) is 0 Å². The first kappa shape index (κ1) is 13.4. The van der Waals surface area contributed by atoms with E-state index in [0.717, 1.165) is 17.8 Å². The SMILES string of the molecule is ON=C(Cl)Cc1ccc(CNc2ccccc2)cc1. The zero-order chi connectivity index (χ0) is 13.5. The second-order valence-corrected chi connectivity index (χ2v) is 4.63. The zero-order valence-corrected chi connectivity index (χ0v) is 11.1. The van der Waals surface area contributed by atoms with Crippen LogP contribution in [0.3, 0.4) is 0 Å². The molecule has 0 amide bonds. The molecular weight excluding hydrogens is 260 g/mol. The Kier molecular flexibility index (Phi) is 4.81. The summed E-state index contributed by atoms with van der Waals surface area (Å²) in [6.07, 6.45) is 0.449. The van der Waals surface area contributed by atoms with Crippen molar-refractivity contribution in [3.63, 3.8) is 0 Å². The summed E-state index contributed by atoms with van der Waals surface area (Å²) in [5.41, 5.74) is 3.30. The highest BCUT2D eigenvalue weighted by Crippen LogP contribution is 2.10. The van der Waals surface area contributed by atoms with Gasteiger partial charge in [0.1, 0.15) is 5.17 Å². The molecule has 0 aliphatic heterocycles. The van der Waals surface area contributed by atoms with Gasteiger partial charge in [-0.1, -0.05) is 59.2 Å². The fourth-order valence-electron chi connectivity index (χ4n) is 1.74. The van der Waals surface area contributed by atoms with Crippen LogP contribution < -0.4 is 5.32 Å². The summed E-state index contributed by atoms with van der Waals surface area (Å²) in [7, 11) is 0. The smallest absolute Gasteiger partial charge is 0.149 e. The molecular formula is C15H15ClN2O. The molecule has 0 radical (unpaired) electrons. The highest BCUT2D eigenvalue weighted by atomic mass is 35.5. The van der Waals surface area contributed by atoms with Crippen LogP contribution in [0.15, 0.2) is 59.8 Å². The molecule has 0 heterocycles. The molecule has 0 atom stereocenters. The van der Waals surface area contributed by atoms with Crippen molar-refractivity contribution in [1.29, 1.82) is 0 Å². The number of oxime groups is 1. The number of hydrogen-bond acceptors (Lipinski definition) is 3. The first-order valence-corrected chi connectivity index (χ1v) is 6.39. The van der Waals surface area contributed by atoms with Crippen LogP contribution in [0.2, 0.25) is 0 Å².